The third-order valence-electron chi connectivity index (χ3n) is 10.6. The average molecular weight is 569 g/mol. The molecule has 4 heteroatoms. The molecule has 1 aromatic heterocycles. The summed E-state index contributed by atoms with van der Waals surface area (Å²) >= 11 is 0. The minimum absolute atomic E-state index is 0.172. The van der Waals surface area contributed by atoms with E-state index in [0.29, 0.717) is 23.0 Å². The van der Waals surface area contributed by atoms with E-state index >= 15 is 0 Å². The van der Waals surface area contributed by atoms with Gasteiger partial charge in [0.15, 0.2) is 17.5 Å². The summed E-state index contributed by atoms with van der Waals surface area (Å²) in [5, 5.41) is 14.8. The molecule has 4 nitrogen and oxygen atoms in total. The van der Waals surface area contributed by atoms with Gasteiger partial charge in [-0.3, -0.25) is 0 Å². The number of rotatable bonds is 4. The van der Waals surface area contributed by atoms with Gasteiger partial charge in [0.25, 0.3) is 0 Å². The summed E-state index contributed by atoms with van der Waals surface area (Å²) in [4.78, 5) is 15.2. The summed E-state index contributed by atoms with van der Waals surface area (Å²) in [6.07, 6.45) is 7.91. The molecule has 0 spiro atoms. The lowest BCUT2D eigenvalue weighted by Gasteiger charge is -2.57. The first-order valence-corrected chi connectivity index (χ1v) is 15.9. The highest BCUT2D eigenvalue weighted by molar-refractivity contribution is 5.88. The lowest BCUT2D eigenvalue weighted by molar-refractivity contribution is -0.00518. The Morgan fingerprint density at radius 2 is 1.00 bits per heavy atom. The molecule has 4 fully saturated rings. The molecule has 0 amide bonds. The quantitative estimate of drug-likeness (QED) is 0.212. The first-order chi connectivity index (χ1) is 21.6. The van der Waals surface area contributed by atoms with Gasteiger partial charge in [0.2, 0.25) is 0 Å². The van der Waals surface area contributed by atoms with Crippen molar-refractivity contribution in [1.29, 1.82) is 5.26 Å². The molecule has 5 aromatic carbocycles. The largest absolute Gasteiger partial charge is 0.208 e. The van der Waals surface area contributed by atoms with Crippen LogP contribution in [0.25, 0.3) is 55.7 Å². The van der Waals surface area contributed by atoms with Crippen LogP contribution in [0, 0.1) is 29.1 Å². The van der Waals surface area contributed by atoms with E-state index in [1.54, 1.807) is 0 Å². The Hall–Kier alpha value is -4.88. The fourth-order valence-corrected chi connectivity index (χ4v) is 9.01. The molecule has 44 heavy (non-hydrogen) atoms. The predicted molar refractivity (Wildman–Crippen MR) is 176 cm³/mol. The molecule has 6 aromatic rings. The molecular formula is C40H32N4. The molecule has 4 aliphatic carbocycles. The summed E-state index contributed by atoms with van der Waals surface area (Å²) < 4.78 is 0. The maximum atomic E-state index is 10.2. The van der Waals surface area contributed by atoms with E-state index in [9.17, 15) is 5.26 Å². The van der Waals surface area contributed by atoms with E-state index < -0.39 is 0 Å². The lowest BCUT2D eigenvalue weighted by Crippen LogP contribution is -2.48. The van der Waals surface area contributed by atoms with Gasteiger partial charge in [0.1, 0.15) is 0 Å². The minimum Gasteiger partial charge on any atom is -0.208 e. The molecule has 4 aliphatic rings. The second-order valence-corrected chi connectivity index (χ2v) is 13.5. The van der Waals surface area contributed by atoms with Crippen molar-refractivity contribution < 1.29 is 0 Å². The van der Waals surface area contributed by atoms with Crippen LogP contribution >= 0.6 is 0 Å². The predicted octanol–water partition coefficient (Wildman–Crippen LogP) is 9.52. The molecule has 0 saturated heterocycles. The van der Waals surface area contributed by atoms with Crippen molar-refractivity contribution in [2.24, 2.45) is 17.8 Å². The average Bonchev–Trinajstić information content (AvgIpc) is 3.07. The molecule has 0 unspecified atom stereocenters. The molecule has 0 radical (unpaired) electrons. The zero-order chi connectivity index (χ0) is 29.3. The number of hydrogen-bond donors (Lipinski definition) is 0. The van der Waals surface area contributed by atoms with E-state index in [0.717, 1.165) is 45.2 Å². The van der Waals surface area contributed by atoms with E-state index in [2.05, 4.69) is 103 Å². The van der Waals surface area contributed by atoms with Gasteiger partial charge in [-0.2, -0.15) is 5.26 Å². The maximum absolute atomic E-state index is 10.2. The fourth-order valence-electron chi connectivity index (χ4n) is 9.01. The summed E-state index contributed by atoms with van der Waals surface area (Å²) in [5.74, 6) is 4.38. The Kier molecular flexibility index (Phi) is 5.72. The van der Waals surface area contributed by atoms with Gasteiger partial charge in [-0.1, -0.05) is 72.8 Å². The van der Waals surface area contributed by atoms with Crippen molar-refractivity contribution in [3.63, 3.8) is 0 Å². The summed E-state index contributed by atoms with van der Waals surface area (Å²) in [7, 11) is 0. The first-order valence-electron chi connectivity index (χ1n) is 15.9. The Morgan fingerprint density at radius 3 is 1.50 bits per heavy atom. The zero-order valence-electron chi connectivity index (χ0n) is 24.6. The molecule has 10 rings (SSSR count). The number of nitriles is 1. The molecule has 1 heterocycles. The van der Waals surface area contributed by atoms with Crippen LogP contribution in [0.15, 0.2) is 103 Å². The third-order valence-corrected chi connectivity index (χ3v) is 10.6. The molecular weight excluding hydrogens is 536 g/mol. The van der Waals surface area contributed by atoms with Crippen LogP contribution in [-0.4, -0.2) is 15.0 Å². The Labute approximate surface area is 257 Å². The van der Waals surface area contributed by atoms with Crippen LogP contribution < -0.4 is 0 Å². The third kappa shape index (κ3) is 4.30. The van der Waals surface area contributed by atoms with E-state index in [1.807, 2.05) is 6.07 Å². The van der Waals surface area contributed by atoms with Gasteiger partial charge in [-0.25, -0.2) is 15.0 Å². The van der Waals surface area contributed by atoms with Crippen LogP contribution in [0.4, 0.5) is 0 Å². The first kappa shape index (κ1) is 25.6. The maximum Gasteiger partial charge on any atom is 0.164 e. The van der Waals surface area contributed by atoms with Crippen LogP contribution in [0.2, 0.25) is 0 Å². The van der Waals surface area contributed by atoms with Gasteiger partial charge in [0, 0.05) is 16.7 Å². The van der Waals surface area contributed by atoms with Crippen molar-refractivity contribution >= 4 is 21.5 Å². The number of hydrogen-bond acceptors (Lipinski definition) is 4. The Morgan fingerprint density at radius 1 is 0.523 bits per heavy atom. The molecule has 0 aliphatic heterocycles. The minimum atomic E-state index is 0.172. The summed E-state index contributed by atoms with van der Waals surface area (Å²) in [6, 6.07) is 38.4. The molecule has 4 saturated carbocycles. The van der Waals surface area contributed by atoms with Gasteiger partial charge < -0.3 is 0 Å². The van der Waals surface area contributed by atoms with Gasteiger partial charge in [0.05, 0.1) is 11.6 Å². The van der Waals surface area contributed by atoms with Crippen LogP contribution in [0.1, 0.15) is 49.7 Å². The summed E-state index contributed by atoms with van der Waals surface area (Å²) in [6.45, 7) is 0. The molecule has 212 valence electrons. The smallest absolute Gasteiger partial charge is 0.164 e. The van der Waals surface area contributed by atoms with Crippen molar-refractivity contribution in [2.45, 2.75) is 43.9 Å². The highest BCUT2D eigenvalue weighted by Crippen LogP contribution is 2.61. The SMILES string of the molecule is N#Cc1cc(-c2nc(-c3ccc4ccccc4c3)nc(-c3ccc4ccccc4c3)n2)cc(C23C[C@H]4C[C@H](C2)C[C@@H](C3)C4)c1. The number of aromatic nitrogens is 3. The topological polar surface area (TPSA) is 62.5 Å². The van der Waals surface area contributed by atoms with E-state index in [-0.39, 0.29) is 5.41 Å². The highest BCUT2D eigenvalue weighted by atomic mass is 15.0. The van der Waals surface area contributed by atoms with Crippen molar-refractivity contribution in [3.8, 4) is 40.2 Å². The van der Waals surface area contributed by atoms with E-state index in [1.165, 1.54) is 54.9 Å². The Bertz CT molecular complexity index is 2010. The van der Waals surface area contributed by atoms with Crippen molar-refractivity contribution in [3.05, 3.63) is 114 Å². The normalized spacial score (nSPS) is 23.7. The molecule has 0 atom stereocenters. The number of nitrogens with zero attached hydrogens (tertiary/aromatic N) is 4. The zero-order valence-corrected chi connectivity index (χ0v) is 24.6. The van der Waals surface area contributed by atoms with Crippen molar-refractivity contribution in [1.82, 2.24) is 15.0 Å². The monoisotopic (exact) mass is 568 g/mol. The van der Waals surface area contributed by atoms with Crippen molar-refractivity contribution in [2.75, 3.05) is 0 Å². The number of benzene rings is 5. The summed E-state index contributed by atoms with van der Waals surface area (Å²) in [5.41, 5.74) is 4.98. The van der Waals surface area contributed by atoms with Gasteiger partial charge in [-0.05, 0) is 119 Å². The second-order valence-electron chi connectivity index (χ2n) is 13.5. The fraction of sp³-hybridized carbons (Fsp3) is 0.250. The van der Waals surface area contributed by atoms with Crippen LogP contribution in [0.5, 0.6) is 0 Å². The standard InChI is InChI=1S/C40H32N4/c41-24-28-16-35(20-36(17-28)40-21-25-13-26(22-40)15-27(14-25)23-40)39-43-37(33-11-9-29-5-1-3-7-31(29)18-33)42-38(44-39)34-12-10-30-6-2-4-8-32(30)19-34/h1-12,16-20,25-27H,13-15,21-23H2/t25-,26-,27-,40?. The van der Waals surface area contributed by atoms with Crippen LogP contribution in [0.3, 0.4) is 0 Å². The Balaban J connectivity index is 1.23. The second kappa shape index (κ2) is 9.82. The van der Waals surface area contributed by atoms with E-state index in [4.69, 9.17) is 15.0 Å². The number of fused-ring (bicyclic) bond motifs is 2. The van der Waals surface area contributed by atoms with Gasteiger partial charge >= 0.3 is 0 Å². The van der Waals surface area contributed by atoms with Gasteiger partial charge in [-0.15, -0.1) is 0 Å². The van der Waals surface area contributed by atoms with Crippen LogP contribution in [-0.2, 0) is 5.41 Å². The lowest BCUT2D eigenvalue weighted by atomic mass is 9.48. The molecule has 4 bridgehead atoms. The highest BCUT2D eigenvalue weighted by Gasteiger charge is 2.51. The molecule has 0 N–H and O–H groups in total.